The summed E-state index contributed by atoms with van der Waals surface area (Å²) in [4.78, 5) is 0. The van der Waals surface area contributed by atoms with Gasteiger partial charge in [-0.2, -0.15) is 26.3 Å². The molecule has 33 heavy (non-hydrogen) atoms. The van der Waals surface area contributed by atoms with Gasteiger partial charge in [0.1, 0.15) is 38.5 Å². The van der Waals surface area contributed by atoms with E-state index in [-0.39, 0.29) is 13.1 Å². The van der Waals surface area contributed by atoms with Crippen molar-refractivity contribution in [2.45, 2.75) is 57.7 Å². The SMILES string of the molecule is CC[N+](C)(CC)CC(O)COCC(F)(F)C(F)(F)C(F)(F)COCC(O)C[N+](C)(CC)CC. The van der Waals surface area contributed by atoms with E-state index in [1.807, 2.05) is 41.8 Å². The number of aliphatic hydroxyl groups excluding tert-OH is 2. The lowest BCUT2D eigenvalue weighted by Crippen LogP contribution is -2.58. The van der Waals surface area contributed by atoms with Crippen LogP contribution in [0.4, 0.5) is 26.3 Å². The summed E-state index contributed by atoms with van der Waals surface area (Å²) in [5.74, 6) is -16.2. The summed E-state index contributed by atoms with van der Waals surface area (Å²) < 4.78 is 93.7. The molecule has 0 spiro atoms. The average molecular weight is 501 g/mol. The molecule has 0 amide bonds. The molecule has 0 aliphatic carbocycles. The maximum atomic E-state index is 14.0. The molecule has 2 N–H and O–H groups in total. The number of halogens is 6. The molecule has 0 saturated carbocycles. The molecular weight excluding hydrogens is 458 g/mol. The molecule has 0 aromatic rings. The van der Waals surface area contributed by atoms with Crippen LogP contribution in [0.3, 0.4) is 0 Å². The van der Waals surface area contributed by atoms with Crippen LogP contribution in [0.15, 0.2) is 0 Å². The van der Waals surface area contributed by atoms with E-state index in [1.165, 1.54) is 0 Å². The first-order chi connectivity index (χ1) is 14.9. The number of nitrogens with zero attached hydrogens (tertiary/aromatic N) is 2. The zero-order valence-corrected chi connectivity index (χ0v) is 20.6. The Labute approximate surface area is 193 Å². The van der Waals surface area contributed by atoms with Gasteiger partial charge in [0.15, 0.2) is 0 Å². The Hall–Kier alpha value is -0.660. The van der Waals surface area contributed by atoms with Crippen molar-refractivity contribution in [2.75, 3.05) is 79.8 Å². The van der Waals surface area contributed by atoms with Crippen molar-refractivity contribution in [1.29, 1.82) is 0 Å². The first-order valence-electron chi connectivity index (χ1n) is 11.3. The monoisotopic (exact) mass is 500 g/mol. The fourth-order valence-corrected chi connectivity index (χ4v) is 3.18. The third-order valence-electron chi connectivity index (χ3n) is 6.46. The number of aliphatic hydroxyl groups is 2. The van der Waals surface area contributed by atoms with Crippen LogP contribution in [0.2, 0.25) is 0 Å². The molecule has 0 aromatic carbocycles. The van der Waals surface area contributed by atoms with Crippen LogP contribution >= 0.6 is 0 Å². The van der Waals surface area contributed by atoms with Crippen LogP contribution in [0.25, 0.3) is 0 Å². The summed E-state index contributed by atoms with van der Waals surface area (Å²) in [5.41, 5.74) is 0. The quantitative estimate of drug-likeness (QED) is 0.225. The summed E-state index contributed by atoms with van der Waals surface area (Å²) in [5, 5.41) is 19.8. The number of rotatable bonds is 18. The molecule has 12 heteroatoms. The van der Waals surface area contributed by atoms with Gasteiger partial charge < -0.3 is 28.7 Å². The van der Waals surface area contributed by atoms with E-state index < -0.39 is 56.4 Å². The van der Waals surface area contributed by atoms with Gasteiger partial charge in [-0.25, -0.2) is 0 Å². The summed E-state index contributed by atoms with van der Waals surface area (Å²) in [6.07, 6.45) is -2.44. The van der Waals surface area contributed by atoms with Crippen LogP contribution in [-0.2, 0) is 9.47 Å². The van der Waals surface area contributed by atoms with Gasteiger partial charge in [0, 0.05) is 0 Å². The number of quaternary nitrogens is 2. The molecule has 0 fully saturated rings. The fourth-order valence-electron chi connectivity index (χ4n) is 3.18. The van der Waals surface area contributed by atoms with E-state index in [2.05, 4.69) is 9.47 Å². The maximum Gasteiger partial charge on any atom is 0.376 e. The van der Waals surface area contributed by atoms with E-state index in [9.17, 15) is 36.6 Å². The molecule has 0 rings (SSSR count). The van der Waals surface area contributed by atoms with E-state index in [0.717, 1.165) is 0 Å². The number of likely N-dealkylation sites (N-methyl/N-ethyl adjacent to an activating group) is 2. The van der Waals surface area contributed by atoms with Crippen molar-refractivity contribution in [3.8, 4) is 0 Å². The van der Waals surface area contributed by atoms with Crippen molar-refractivity contribution in [3.63, 3.8) is 0 Å². The van der Waals surface area contributed by atoms with Crippen molar-refractivity contribution >= 4 is 0 Å². The van der Waals surface area contributed by atoms with Gasteiger partial charge in [0.2, 0.25) is 0 Å². The summed E-state index contributed by atoms with van der Waals surface area (Å²) >= 11 is 0. The number of ether oxygens (including phenoxy) is 2. The average Bonchev–Trinajstić information content (AvgIpc) is 2.72. The number of hydrogen-bond donors (Lipinski definition) is 2. The van der Waals surface area contributed by atoms with E-state index in [0.29, 0.717) is 35.1 Å². The van der Waals surface area contributed by atoms with E-state index in [1.54, 1.807) is 0 Å². The van der Waals surface area contributed by atoms with Gasteiger partial charge in [-0.15, -0.1) is 0 Å². The third kappa shape index (κ3) is 9.48. The lowest BCUT2D eigenvalue weighted by molar-refractivity contribution is -0.909. The minimum atomic E-state index is -5.76. The molecule has 0 saturated heterocycles. The maximum absolute atomic E-state index is 14.0. The second-order valence-corrected chi connectivity index (χ2v) is 9.19. The highest BCUT2D eigenvalue weighted by molar-refractivity contribution is 4.96. The minimum Gasteiger partial charge on any atom is -0.385 e. The molecule has 2 atom stereocenters. The largest absolute Gasteiger partial charge is 0.385 e. The molecular formula is C21H42F6N2O4+2. The highest BCUT2D eigenvalue weighted by Gasteiger charge is 2.71. The Kier molecular flexibility index (Phi) is 12.6. The zero-order chi connectivity index (χ0) is 26.1. The Morgan fingerprint density at radius 1 is 0.636 bits per heavy atom. The Bertz CT molecular complexity index is 515. The van der Waals surface area contributed by atoms with Crippen molar-refractivity contribution in [2.24, 2.45) is 0 Å². The van der Waals surface area contributed by atoms with Crippen LogP contribution in [0.5, 0.6) is 0 Å². The van der Waals surface area contributed by atoms with E-state index >= 15 is 0 Å². The van der Waals surface area contributed by atoms with Gasteiger partial charge in [-0.05, 0) is 27.7 Å². The molecule has 0 aromatic heterocycles. The third-order valence-corrected chi connectivity index (χ3v) is 6.46. The standard InChI is InChI=1S/C21H42F6N2O4/c1-7-28(5,8-2)11-17(30)13-32-15-19(22,23)21(26,27)20(24,25)16-33-14-18(31)12-29(6,9-3)10-4/h17-18,30-31H,7-16H2,1-6H3/q+2. The second kappa shape index (κ2) is 12.9. The molecule has 6 nitrogen and oxygen atoms in total. The van der Waals surface area contributed by atoms with Crippen molar-refractivity contribution in [1.82, 2.24) is 0 Å². The summed E-state index contributed by atoms with van der Waals surface area (Å²) in [7, 11) is 3.63. The van der Waals surface area contributed by atoms with Crippen LogP contribution in [0.1, 0.15) is 27.7 Å². The molecule has 0 radical (unpaired) electrons. The summed E-state index contributed by atoms with van der Waals surface area (Å²) in [6.45, 7) is 4.90. The topological polar surface area (TPSA) is 58.9 Å². The summed E-state index contributed by atoms with van der Waals surface area (Å²) in [6, 6.07) is 0. The number of hydrogen-bond acceptors (Lipinski definition) is 4. The van der Waals surface area contributed by atoms with Crippen LogP contribution in [-0.4, -0.2) is 129 Å². The zero-order valence-electron chi connectivity index (χ0n) is 20.6. The van der Waals surface area contributed by atoms with Gasteiger partial charge in [0.05, 0.1) is 53.5 Å². The van der Waals surface area contributed by atoms with Crippen LogP contribution < -0.4 is 0 Å². The molecule has 200 valence electrons. The lowest BCUT2D eigenvalue weighted by Gasteiger charge is -2.35. The van der Waals surface area contributed by atoms with Crippen LogP contribution in [0, 0.1) is 0 Å². The molecule has 0 heterocycles. The Balaban J connectivity index is 4.83. The molecule has 0 bridgehead atoms. The second-order valence-electron chi connectivity index (χ2n) is 9.19. The first kappa shape index (κ1) is 32.3. The smallest absolute Gasteiger partial charge is 0.376 e. The Morgan fingerprint density at radius 3 is 1.15 bits per heavy atom. The van der Waals surface area contributed by atoms with Gasteiger partial charge in [-0.1, -0.05) is 0 Å². The molecule has 0 aliphatic rings. The van der Waals surface area contributed by atoms with Gasteiger partial charge in [-0.3, -0.25) is 0 Å². The van der Waals surface area contributed by atoms with Gasteiger partial charge >= 0.3 is 17.8 Å². The molecule has 2 unspecified atom stereocenters. The lowest BCUT2D eigenvalue weighted by atomic mass is 10.1. The predicted octanol–water partition coefficient (Wildman–Crippen LogP) is 2.62. The van der Waals surface area contributed by atoms with Crippen molar-refractivity contribution < 1.29 is 55.0 Å². The number of alkyl halides is 6. The van der Waals surface area contributed by atoms with Gasteiger partial charge in [0.25, 0.3) is 0 Å². The molecule has 0 aliphatic heterocycles. The Morgan fingerprint density at radius 2 is 0.909 bits per heavy atom. The minimum absolute atomic E-state index is 0.134. The normalized spacial score (nSPS) is 16.2. The highest BCUT2D eigenvalue weighted by Crippen LogP contribution is 2.46. The fraction of sp³-hybridized carbons (Fsp3) is 1.00. The van der Waals surface area contributed by atoms with E-state index in [4.69, 9.17) is 0 Å². The van der Waals surface area contributed by atoms with Crippen molar-refractivity contribution in [3.05, 3.63) is 0 Å². The highest BCUT2D eigenvalue weighted by atomic mass is 19.3. The predicted molar refractivity (Wildman–Crippen MR) is 113 cm³/mol. The first-order valence-corrected chi connectivity index (χ1v) is 11.3.